The van der Waals surface area contributed by atoms with E-state index < -0.39 is 50.3 Å². The molecule has 1 heterocycles. The zero-order valence-corrected chi connectivity index (χ0v) is 34.9. The van der Waals surface area contributed by atoms with Crippen molar-refractivity contribution in [3.05, 3.63) is 88.0 Å². The predicted octanol–water partition coefficient (Wildman–Crippen LogP) is 7.42. The molecule has 0 aromatic heterocycles. The van der Waals surface area contributed by atoms with Gasteiger partial charge >= 0.3 is 23.9 Å². The lowest BCUT2D eigenvalue weighted by Crippen LogP contribution is -2.47. The Morgan fingerprint density at radius 2 is 1.62 bits per heavy atom. The molecule has 2 N–H and O–H groups in total. The van der Waals surface area contributed by atoms with E-state index in [4.69, 9.17) is 29.4 Å². The highest BCUT2D eigenvalue weighted by atomic mass is 28.3. The molecule has 56 heavy (non-hydrogen) atoms. The van der Waals surface area contributed by atoms with E-state index in [-0.39, 0.29) is 67.4 Å². The van der Waals surface area contributed by atoms with Gasteiger partial charge in [-0.25, -0.2) is 14.4 Å². The third kappa shape index (κ3) is 12.7. The Hall–Kier alpha value is -5.17. The number of anilines is 1. The molecule has 0 saturated heterocycles. The van der Waals surface area contributed by atoms with Gasteiger partial charge in [0.1, 0.15) is 6.04 Å². The van der Waals surface area contributed by atoms with E-state index in [0.29, 0.717) is 35.2 Å². The number of carbonyl (C=O) groups is 5. The van der Waals surface area contributed by atoms with Gasteiger partial charge in [-0.3, -0.25) is 9.59 Å². The first kappa shape index (κ1) is 43.6. The SMILES string of the molecule is Cc1cc(CN(C(=O)c2cccc3c2OCCCc2cc(N)ccc2C(=O)O3)[C@@H](CC(=O)OCC(C)C)C(=O)OCC(C)C)cc(C(=O)OCC[Si](C)(C)C)c1. The molecule has 0 spiro atoms. The maximum absolute atomic E-state index is 15.0. The topological polar surface area (TPSA) is 161 Å². The molecule has 4 rings (SSSR count). The van der Waals surface area contributed by atoms with Gasteiger partial charge in [-0.2, -0.15) is 0 Å². The summed E-state index contributed by atoms with van der Waals surface area (Å²) >= 11 is 0. The van der Waals surface area contributed by atoms with Gasteiger partial charge in [-0.05, 0) is 96.8 Å². The van der Waals surface area contributed by atoms with Crippen molar-refractivity contribution >= 4 is 43.5 Å². The largest absolute Gasteiger partial charge is 0.489 e. The normalized spacial score (nSPS) is 13.4. The number of fused-ring (bicyclic) bond motifs is 2. The van der Waals surface area contributed by atoms with Crippen molar-refractivity contribution < 1.29 is 47.7 Å². The van der Waals surface area contributed by atoms with Gasteiger partial charge < -0.3 is 34.3 Å². The van der Waals surface area contributed by atoms with Crippen molar-refractivity contribution in [2.75, 3.05) is 32.2 Å². The summed E-state index contributed by atoms with van der Waals surface area (Å²) in [6.45, 7) is 16.3. The van der Waals surface area contributed by atoms with Crippen LogP contribution < -0.4 is 15.2 Å². The number of carbonyl (C=O) groups excluding carboxylic acids is 5. The molecule has 1 amide bonds. The minimum atomic E-state index is -1.47. The minimum absolute atomic E-state index is 0.000317. The maximum atomic E-state index is 15.0. The van der Waals surface area contributed by atoms with E-state index in [1.165, 1.54) is 17.0 Å². The second-order valence-electron chi connectivity index (χ2n) is 16.3. The number of para-hydroxylation sites is 1. The van der Waals surface area contributed by atoms with Crippen molar-refractivity contribution in [3.8, 4) is 11.5 Å². The summed E-state index contributed by atoms with van der Waals surface area (Å²) in [5.74, 6) is -3.36. The number of nitrogens with zero attached hydrogens (tertiary/aromatic N) is 1. The van der Waals surface area contributed by atoms with E-state index in [0.717, 1.165) is 11.6 Å². The zero-order chi connectivity index (χ0) is 41.2. The van der Waals surface area contributed by atoms with Crippen LogP contribution in [0.1, 0.15) is 88.3 Å². The summed E-state index contributed by atoms with van der Waals surface area (Å²) in [6.07, 6.45) is 0.449. The number of hydrogen-bond acceptors (Lipinski definition) is 11. The molecular weight excluding hydrogens is 733 g/mol. The third-order valence-electron chi connectivity index (χ3n) is 8.81. The fourth-order valence-corrected chi connectivity index (χ4v) is 6.66. The Morgan fingerprint density at radius 3 is 2.32 bits per heavy atom. The Balaban J connectivity index is 1.80. The fourth-order valence-electron chi connectivity index (χ4n) is 5.95. The quantitative estimate of drug-likeness (QED) is 0.0537. The number of nitrogen functional groups attached to an aromatic ring is 1. The highest BCUT2D eigenvalue weighted by Gasteiger charge is 2.37. The van der Waals surface area contributed by atoms with Crippen LogP contribution in [-0.2, 0) is 36.8 Å². The molecule has 1 aliphatic rings. The maximum Gasteiger partial charge on any atom is 0.343 e. The molecule has 3 aromatic carbocycles. The van der Waals surface area contributed by atoms with Gasteiger partial charge in [0, 0.05) is 20.3 Å². The molecule has 1 aliphatic heterocycles. The highest BCUT2D eigenvalue weighted by molar-refractivity contribution is 6.76. The lowest BCUT2D eigenvalue weighted by Gasteiger charge is -2.31. The van der Waals surface area contributed by atoms with Gasteiger partial charge in [-0.1, -0.05) is 59.5 Å². The number of nitrogens with two attached hydrogens (primary N) is 1. The van der Waals surface area contributed by atoms with Gasteiger partial charge in [0.15, 0.2) is 11.5 Å². The first-order valence-electron chi connectivity index (χ1n) is 19.2. The molecule has 0 radical (unpaired) electrons. The summed E-state index contributed by atoms with van der Waals surface area (Å²) in [5, 5.41) is 0. The Kier molecular flexibility index (Phi) is 15.3. The molecule has 1 atom stereocenters. The van der Waals surface area contributed by atoms with Crippen LogP contribution in [0.4, 0.5) is 5.69 Å². The lowest BCUT2D eigenvalue weighted by molar-refractivity contribution is -0.157. The number of hydrogen-bond donors (Lipinski definition) is 1. The summed E-state index contributed by atoms with van der Waals surface area (Å²) in [4.78, 5) is 70.3. The molecule has 0 saturated carbocycles. The standard InChI is InChI=1S/C43H56N2O10Si/c1-27(2)25-53-38(46)23-36(43(50)54-26-28(3)4)45(24-30-19-29(5)20-32(21-30)41(48)52-17-18-56(6,7)8)40(47)35-12-9-13-37-39(35)51-16-10-11-31-22-33(44)14-15-34(31)42(49)55-37/h9,12-15,19-22,27-28,36H,10-11,16-18,23-26,44H2,1-8H3/t36-/m0/s1. The zero-order valence-electron chi connectivity index (χ0n) is 33.9. The van der Waals surface area contributed by atoms with Crippen LogP contribution in [-0.4, -0.2) is 75.2 Å². The summed E-state index contributed by atoms with van der Waals surface area (Å²) in [5.41, 5.74) is 9.06. The first-order valence-corrected chi connectivity index (χ1v) is 22.9. The van der Waals surface area contributed by atoms with E-state index >= 15 is 4.79 Å². The van der Waals surface area contributed by atoms with Crippen molar-refractivity contribution in [2.45, 2.75) is 92.2 Å². The van der Waals surface area contributed by atoms with Gasteiger partial charge in [0.25, 0.3) is 5.91 Å². The van der Waals surface area contributed by atoms with Crippen LogP contribution in [0.5, 0.6) is 11.5 Å². The molecule has 13 heteroatoms. The number of ether oxygens (including phenoxy) is 5. The predicted molar refractivity (Wildman–Crippen MR) is 216 cm³/mol. The summed E-state index contributed by atoms with van der Waals surface area (Å²) in [6, 6.07) is 14.0. The molecule has 3 aromatic rings. The van der Waals surface area contributed by atoms with Gasteiger partial charge in [-0.15, -0.1) is 0 Å². The van der Waals surface area contributed by atoms with Crippen LogP contribution >= 0.6 is 0 Å². The van der Waals surface area contributed by atoms with Crippen LogP contribution in [0.25, 0.3) is 0 Å². The Labute approximate surface area is 331 Å². The molecule has 0 bridgehead atoms. The number of aryl methyl sites for hydroxylation is 2. The van der Waals surface area contributed by atoms with Gasteiger partial charge in [0.05, 0.1) is 49.5 Å². The number of amides is 1. The third-order valence-corrected chi connectivity index (χ3v) is 10.5. The highest BCUT2D eigenvalue weighted by Crippen LogP contribution is 2.35. The van der Waals surface area contributed by atoms with Crippen molar-refractivity contribution in [2.24, 2.45) is 11.8 Å². The van der Waals surface area contributed by atoms with E-state index in [2.05, 4.69) is 19.6 Å². The molecule has 0 unspecified atom stereocenters. The monoisotopic (exact) mass is 788 g/mol. The summed E-state index contributed by atoms with van der Waals surface area (Å²) in [7, 11) is -1.47. The van der Waals surface area contributed by atoms with Gasteiger partial charge in [0.2, 0.25) is 0 Å². The van der Waals surface area contributed by atoms with Crippen molar-refractivity contribution in [1.29, 1.82) is 0 Å². The van der Waals surface area contributed by atoms with Crippen molar-refractivity contribution in [3.63, 3.8) is 0 Å². The Morgan fingerprint density at radius 1 is 0.911 bits per heavy atom. The molecule has 0 fully saturated rings. The van der Waals surface area contributed by atoms with Crippen LogP contribution in [0, 0.1) is 18.8 Å². The summed E-state index contributed by atoms with van der Waals surface area (Å²) < 4.78 is 28.8. The lowest BCUT2D eigenvalue weighted by atomic mass is 10.0. The van der Waals surface area contributed by atoms with E-state index in [1.54, 1.807) is 42.5 Å². The minimum Gasteiger partial charge on any atom is -0.489 e. The first-order chi connectivity index (χ1) is 26.4. The second kappa shape index (κ2) is 19.6. The number of rotatable bonds is 15. The van der Waals surface area contributed by atoms with Crippen LogP contribution in [0.3, 0.4) is 0 Å². The number of benzene rings is 3. The number of esters is 4. The Bertz CT molecular complexity index is 1900. The molecule has 302 valence electrons. The van der Waals surface area contributed by atoms with Crippen LogP contribution in [0.2, 0.25) is 25.7 Å². The molecular formula is C43H56N2O10Si. The van der Waals surface area contributed by atoms with E-state index in [9.17, 15) is 19.2 Å². The second-order valence-corrected chi connectivity index (χ2v) is 21.9. The average Bonchev–Trinajstić information content (AvgIpc) is 3.12. The van der Waals surface area contributed by atoms with E-state index in [1.807, 2.05) is 34.6 Å². The molecule has 0 aliphatic carbocycles. The fraction of sp³-hybridized carbons (Fsp3) is 0.465. The average molecular weight is 789 g/mol. The van der Waals surface area contributed by atoms with Crippen molar-refractivity contribution in [1.82, 2.24) is 4.90 Å². The smallest absolute Gasteiger partial charge is 0.343 e. The van der Waals surface area contributed by atoms with Crippen LogP contribution in [0.15, 0.2) is 54.6 Å². The molecule has 12 nitrogen and oxygen atoms in total.